The summed E-state index contributed by atoms with van der Waals surface area (Å²) in [4.78, 5) is 19.0. The third-order valence-electron chi connectivity index (χ3n) is 4.22. The molecule has 0 saturated carbocycles. The second kappa shape index (κ2) is 8.99. The van der Waals surface area contributed by atoms with E-state index in [1.165, 1.54) is 0 Å². The summed E-state index contributed by atoms with van der Waals surface area (Å²) >= 11 is 0. The largest absolute Gasteiger partial charge is 0.490 e. The molecule has 0 unspecified atom stereocenters. The predicted molar refractivity (Wildman–Crippen MR) is 107 cm³/mol. The average molecular weight is 377 g/mol. The standard InChI is InChI=1S/C22H23N3O3/c1-4-13-27-19-8-6-7-18(14-19)22(26)25(5-2)15-20-23-21(24-28-20)17-11-9-16(3)10-12-17/h4,6-12,14H,1,5,13,15H2,2-3H3. The molecule has 1 heterocycles. The maximum atomic E-state index is 12.9. The number of rotatable bonds is 8. The molecule has 144 valence electrons. The SMILES string of the molecule is C=CCOc1cccc(C(=O)N(CC)Cc2nc(-c3ccc(C)cc3)no2)c1. The first-order chi connectivity index (χ1) is 13.6. The van der Waals surface area contributed by atoms with E-state index in [0.29, 0.717) is 36.2 Å². The van der Waals surface area contributed by atoms with Gasteiger partial charge in [-0.3, -0.25) is 4.79 Å². The molecule has 0 spiro atoms. The van der Waals surface area contributed by atoms with Crippen molar-refractivity contribution in [3.8, 4) is 17.1 Å². The van der Waals surface area contributed by atoms with Gasteiger partial charge in [-0.05, 0) is 32.0 Å². The van der Waals surface area contributed by atoms with Crippen molar-refractivity contribution < 1.29 is 14.1 Å². The van der Waals surface area contributed by atoms with E-state index in [2.05, 4.69) is 16.7 Å². The summed E-state index contributed by atoms with van der Waals surface area (Å²) in [5.41, 5.74) is 2.58. The molecule has 6 heteroatoms. The van der Waals surface area contributed by atoms with Crippen molar-refractivity contribution >= 4 is 5.91 Å². The van der Waals surface area contributed by atoms with Gasteiger partial charge in [-0.2, -0.15) is 4.98 Å². The Morgan fingerprint density at radius 3 is 2.75 bits per heavy atom. The number of carbonyl (C=O) groups is 1. The van der Waals surface area contributed by atoms with E-state index in [1.807, 2.05) is 44.2 Å². The minimum Gasteiger partial charge on any atom is -0.490 e. The highest BCUT2D eigenvalue weighted by molar-refractivity contribution is 5.94. The molecule has 0 aliphatic heterocycles. The summed E-state index contributed by atoms with van der Waals surface area (Å²) in [6.07, 6.45) is 1.66. The first kappa shape index (κ1) is 19.4. The number of aryl methyl sites for hydroxylation is 1. The fraction of sp³-hybridized carbons (Fsp3) is 0.227. The first-order valence-corrected chi connectivity index (χ1v) is 9.13. The Balaban J connectivity index is 1.73. The molecule has 0 aliphatic carbocycles. The first-order valence-electron chi connectivity index (χ1n) is 9.13. The van der Waals surface area contributed by atoms with Gasteiger partial charge in [0.2, 0.25) is 11.7 Å². The van der Waals surface area contributed by atoms with E-state index in [-0.39, 0.29) is 12.5 Å². The van der Waals surface area contributed by atoms with Crippen LogP contribution in [0.5, 0.6) is 5.75 Å². The summed E-state index contributed by atoms with van der Waals surface area (Å²) < 4.78 is 10.9. The fourth-order valence-electron chi connectivity index (χ4n) is 2.69. The van der Waals surface area contributed by atoms with Gasteiger partial charge in [-0.25, -0.2) is 0 Å². The number of aromatic nitrogens is 2. The smallest absolute Gasteiger partial charge is 0.254 e. The molecule has 0 bridgehead atoms. The molecule has 1 aromatic heterocycles. The number of hydrogen-bond donors (Lipinski definition) is 0. The lowest BCUT2D eigenvalue weighted by Crippen LogP contribution is -2.30. The number of hydrogen-bond acceptors (Lipinski definition) is 5. The highest BCUT2D eigenvalue weighted by atomic mass is 16.5. The molecular formula is C22H23N3O3. The molecule has 0 atom stereocenters. The quantitative estimate of drug-likeness (QED) is 0.548. The second-order valence-corrected chi connectivity index (χ2v) is 6.32. The van der Waals surface area contributed by atoms with Crippen LogP contribution in [0.4, 0.5) is 0 Å². The van der Waals surface area contributed by atoms with E-state index in [0.717, 1.165) is 11.1 Å². The lowest BCUT2D eigenvalue weighted by atomic mass is 10.1. The van der Waals surface area contributed by atoms with Crippen LogP contribution in [0, 0.1) is 6.92 Å². The Hall–Kier alpha value is -3.41. The van der Waals surface area contributed by atoms with Gasteiger partial charge < -0.3 is 14.2 Å². The van der Waals surface area contributed by atoms with Gasteiger partial charge in [0.05, 0.1) is 0 Å². The second-order valence-electron chi connectivity index (χ2n) is 6.32. The van der Waals surface area contributed by atoms with Gasteiger partial charge in [-0.15, -0.1) is 0 Å². The van der Waals surface area contributed by atoms with Crippen molar-refractivity contribution in [1.29, 1.82) is 0 Å². The van der Waals surface area contributed by atoms with Crippen molar-refractivity contribution in [3.05, 3.63) is 78.2 Å². The number of amides is 1. The highest BCUT2D eigenvalue weighted by Crippen LogP contribution is 2.19. The molecule has 0 saturated heterocycles. The van der Waals surface area contributed by atoms with Crippen LogP contribution in [-0.4, -0.2) is 34.1 Å². The number of ether oxygens (including phenoxy) is 1. The van der Waals surface area contributed by atoms with Crippen LogP contribution in [-0.2, 0) is 6.54 Å². The number of nitrogens with zero attached hydrogens (tertiary/aromatic N) is 3. The average Bonchev–Trinajstić information content (AvgIpc) is 3.19. The molecule has 6 nitrogen and oxygen atoms in total. The number of carbonyl (C=O) groups excluding carboxylic acids is 1. The molecular weight excluding hydrogens is 354 g/mol. The Labute approximate surface area is 164 Å². The maximum absolute atomic E-state index is 12.9. The van der Waals surface area contributed by atoms with Crippen LogP contribution in [0.3, 0.4) is 0 Å². The Morgan fingerprint density at radius 1 is 1.25 bits per heavy atom. The van der Waals surface area contributed by atoms with E-state index < -0.39 is 0 Å². The van der Waals surface area contributed by atoms with Crippen LogP contribution >= 0.6 is 0 Å². The van der Waals surface area contributed by atoms with Crippen molar-refractivity contribution in [1.82, 2.24) is 15.0 Å². The zero-order valence-electron chi connectivity index (χ0n) is 16.1. The van der Waals surface area contributed by atoms with E-state index in [9.17, 15) is 4.79 Å². The van der Waals surface area contributed by atoms with Crippen molar-refractivity contribution in [2.45, 2.75) is 20.4 Å². The van der Waals surface area contributed by atoms with Gasteiger partial charge in [0.1, 0.15) is 18.9 Å². The number of benzene rings is 2. The monoisotopic (exact) mass is 377 g/mol. The zero-order valence-corrected chi connectivity index (χ0v) is 16.1. The maximum Gasteiger partial charge on any atom is 0.254 e. The molecule has 2 aromatic carbocycles. The molecule has 0 radical (unpaired) electrons. The van der Waals surface area contributed by atoms with E-state index in [4.69, 9.17) is 9.26 Å². The summed E-state index contributed by atoms with van der Waals surface area (Å²) in [6, 6.07) is 15.0. The van der Waals surface area contributed by atoms with Gasteiger partial charge in [0, 0.05) is 17.7 Å². The molecule has 3 rings (SSSR count). The van der Waals surface area contributed by atoms with Gasteiger partial charge >= 0.3 is 0 Å². The van der Waals surface area contributed by atoms with Crippen LogP contribution in [0.1, 0.15) is 28.7 Å². The summed E-state index contributed by atoms with van der Waals surface area (Å²) in [6.45, 7) is 8.70. The van der Waals surface area contributed by atoms with Crippen LogP contribution in [0.25, 0.3) is 11.4 Å². The topological polar surface area (TPSA) is 68.5 Å². The van der Waals surface area contributed by atoms with E-state index >= 15 is 0 Å². The van der Waals surface area contributed by atoms with Crippen LogP contribution < -0.4 is 4.74 Å². The molecule has 0 fully saturated rings. The minimum atomic E-state index is -0.123. The Morgan fingerprint density at radius 2 is 2.04 bits per heavy atom. The normalized spacial score (nSPS) is 10.5. The Bertz CT molecular complexity index is 948. The summed E-state index contributed by atoms with van der Waals surface area (Å²) in [7, 11) is 0. The van der Waals surface area contributed by atoms with Crippen LogP contribution in [0.2, 0.25) is 0 Å². The zero-order chi connectivity index (χ0) is 19.9. The minimum absolute atomic E-state index is 0.123. The molecule has 0 N–H and O–H groups in total. The van der Waals surface area contributed by atoms with Gasteiger partial charge in [0.15, 0.2) is 0 Å². The van der Waals surface area contributed by atoms with Crippen molar-refractivity contribution in [3.63, 3.8) is 0 Å². The molecule has 1 amide bonds. The van der Waals surface area contributed by atoms with Gasteiger partial charge in [-0.1, -0.05) is 53.7 Å². The van der Waals surface area contributed by atoms with Crippen LogP contribution in [0.15, 0.2) is 65.7 Å². The summed E-state index contributed by atoms with van der Waals surface area (Å²) in [5.74, 6) is 1.41. The predicted octanol–water partition coefficient (Wildman–Crippen LogP) is 4.27. The van der Waals surface area contributed by atoms with E-state index in [1.54, 1.807) is 29.2 Å². The van der Waals surface area contributed by atoms with Crippen molar-refractivity contribution in [2.75, 3.05) is 13.2 Å². The third-order valence-corrected chi connectivity index (χ3v) is 4.22. The van der Waals surface area contributed by atoms with Gasteiger partial charge in [0.25, 0.3) is 5.91 Å². The molecule has 3 aromatic rings. The fourth-order valence-corrected chi connectivity index (χ4v) is 2.69. The lowest BCUT2D eigenvalue weighted by molar-refractivity contribution is 0.0734. The lowest BCUT2D eigenvalue weighted by Gasteiger charge is -2.19. The summed E-state index contributed by atoms with van der Waals surface area (Å²) in [5, 5.41) is 4.03. The molecule has 0 aliphatic rings. The van der Waals surface area contributed by atoms with Crippen molar-refractivity contribution in [2.24, 2.45) is 0 Å². The Kier molecular flexibility index (Phi) is 6.22. The third kappa shape index (κ3) is 4.65. The highest BCUT2D eigenvalue weighted by Gasteiger charge is 2.18. The molecule has 28 heavy (non-hydrogen) atoms.